The summed E-state index contributed by atoms with van der Waals surface area (Å²) in [5, 5.41) is 0. The van der Waals surface area contributed by atoms with Crippen LogP contribution in [0.4, 0.5) is 5.82 Å². The lowest BCUT2D eigenvalue weighted by molar-refractivity contribution is 0.0621. The minimum Gasteiger partial charge on any atom is -0.382 e. The summed E-state index contributed by atoms with van der Waals surface area (Å²) in [6, 6.07) is 0.776. The Kier molecular flexibility index (Phi) is 2.87. The van der Waals surface area contributed by atoms with Gasteiger partial charge in [0.15, 0.2) is 0 Å². The minimum atomic E-state index is -0.0436. The molecule has 1 aromatic heterocycles. The van der Waals surface area contributed by atoms with Crippen LogP contribution in [-0.4, -0.2) is 57.9 Å². The third-order valence-corrected chi connectivity index (χ3v) is 3.56. The molecule has 0 bridgehead atoms. The molecule has 6 heteroatoms. The lowest BCUT2D eigenvalue weighted by Crippen LogP contribution is -2.49. The average Bonchev–Trinajstić information content (AvgIpc) is 3.23. The summed E-state index contributed by atoms with van der Waals surface area (Å²) in [6.45, 7) is 3.50. The quantitative estimate of drug-likeness (QED) is 0.795. The van der Waals surface area contributed by atoms with Gasteiger partial charge in [0, 0.05) is 32.2 Å². The number of nitrogen functional groups attached to an aromatic ring is 1. The molecule has 2 aliphatic rings. The zero-order chi connectivity index (χ0) is 12.5. The van der Waals surface area contributed by atoms with Crippen LogP contribution in [-0.2, 0) is 0 Å². The third kappa shape index (κ3) is 2.28. The molecule has 3 rings (SSSR count). The average molecular weight is 247 g/mol. The van der Waals surface area contributed by atoms with Crippen molar-refractivity contribution in [3.63, 3.8) is 0 Å². The van der Waals surface area contributed by atoms with Gasteiger partial charge in [-0.2, -0.15) is 0 Å². The fourth-order valence-corrected chi connectivity index (χ4v) is 2.34. The van der Waals surface area contributed by atoms with Crippen molar-refractivity contribution in [1.29, 1.82) is 0 Å². The summed E-state index contributed by atoms with van der Waals surface area (Å²) in [5.41, 5.74) is 5.84. The van der Waals surface area contributed by atoms with Gasteiger partial charge in [0.05, 0.1) is 12.4 Å². The maximum absolute atomic E-state index is 12.2. The van der Waals surface area contributed by atoms with E-state index in [4.69, 9.17) is 5.73 Å². The molecule has 2 N–H and O–H groups in total. The van der Waals surface area contributed by atoms with E-state index >= 15 is 0 Å². The SMILES string of the molecule is Nc1cnc(C(=O)N2CCN(C3CC3)CC2)cn1. The van der Waals surface area contributed by atoms with Crippen LogP contribution in [0.3, 0.4) is 0 Å². The number of carbonyl (C=O) groups is 1. The van der Waals surface area contributed by atoms with Crippen LogP contribution in [0, 0.1) is 0 Å². The normalized spacial score (nSPS) is 21.0. The largest absolute Gasteiger partial charge is 0.382 e. The number of anilines is 1. The molecular weight excluding hydrogens is 230 g/mol. The molecule has 6 nitrogen and oxygen atoms in total. The molecule has 2 heterocycles. The first-order valence-corrected chi connectivity index (χ1v) is 6.35. The van der Waals surface area contributed by atoms with Gasteiger partial charge in [0.1, 0.15) is 11.5 Å². The topological polar surface area (TPSA) is 75.3 Å². The summed E-state index contributed by atoms with van der Waals surface area (Å²) in [5.74, 6) is 0.294. The van der Waals surface area contributed by atoms with E-state index in [0.29, 0.717) is 11.5 Å². The van der Waals surface area contributed by atoms with Gasteiger partial charge in [-0.25, -0.2) is 9.97 Å². The molecule has 2 fully saturated rings. The maximum Gasteiger partial charge on any atom is 0.274 e. The van der Waals surface area contributed by atoms with Crippen molar-refractivity contribution in [3.05, 3.63) is 18.1 Å². The molecular formula is C12H17N5O. The molecule has 1 amide bonds. The predicted octanol–water partition coefficient (Wildman–Crippen LogP) is -0.0210. The Morgan fingerprint density at radius 3 is 2.44 bits per heavy atom. The van der Waals surface area contributed by atoms with Crippen LogP contribution in [0.1, 0.15) is 23.3 Å². The lowest BCUT2D eigenvalue weighted by atomic mass is 10.2. The van der Waals surface area contributed by atoms with Crippen LogP contribution in [0.15, 0.2) is 12.4 Å². The second kappa shape index (κ2) is 4.53. The highest BCUT2D eigenvalue weighted by Crippen LogP contribution is 2.27. The Labute approximate surface area is 106 Å². The fraction of sp³-hybridized carbons (Fsp3) is 0.583. The van der Waals surface area contributed by atoms with Crippen LogP contribution >= 0.6 is 0 Å². The lowest BCUT2D eigenvalue weighted by Gasteiger charge is -2.34. The van der Waals surface area contributed by atoms with Crippen LogP contribution < -0.4 is 5.73 Å². The zero-order valence-electron chi connectivity index (χ0n) is 10.2. The van der Waals surface area contributed by atoms with Crippen molar-refractivity contribution in [1.82, 2.24) is 19.8 Å². The van der Waals surface area contributed by atoms with Crippen molar-refractivity contribution >= 4 is 11.7 Å². The van der Waals surface area contributed by atoms with E-state index in [1.54, 1.807) is 0 Å². The molecule has 1 saturated heterocycles. The number of piperazine rings is 1. The predicted molar refractivity (Wildman–Crippen MR) is 66.9 cm³/mol. The summed E-state index contributed by atoms with van der Waals surface area (Å²) >= 11 is 0. The number of nitrogens with two attached hydrogens (primary N) is 1. The Bertz CT molecular complexity index is 434. The van der Waals surface area contributed by atoms with E-state index in [2.05, 4.69) is 14.9 Å². The Morgan fingerprint density at radius 1 is 1.17 bits per heavy atom. The molecule has 0 spiro atoms. The van der Waals surface area contributed by atoms with Gasteiger partial charge in [0.2, 0.25) is 0 Å². The summed E-state index contributed by atoms with van der Waals surface area (Å²) in [4.78, 5) is 24.4. The number of rotatable bonds is 2. The molecule has 0 radical (unpaired) electrons. The fourth-order valence-electron chi connectivity index (χ4n) is 2.34. The Hall–Kier alpha value is -1.69. The zero-order valence-corrected chi connectivity index (χ0v) is 10.2. The van der Waals surface area contributed by atoms with Crippen molar-refractivity contribution in [2.24, 2.45) is 0 Å². The van der Waals surface area contributed by atoms with Gasteiger partial charge < -0.3 is 10.6 Å². The first kappa shape index (κ1) is 11.4. The highest BCUT2D eigenvalue weighted by Gasteiger charge is 2.32. The standard InChI is InChI=1S/C12H17N5O/c13-11-8-14-10(7-15-11)12(18)17-5-3-16(4-6-17)9-1-2-9/h7-9H,1-6H2,(H2,13,15). The minimum absolute atomic E-state index is 0.0436. The van der Waals surface area contributed by atoms with Gasteiger partial charge in [-0.3, -0.25) is 9.69 Å². The number of nitrogens with zero attached hydrogens (tertiary/aromatic N) is 4. The number of aromatic nitrogens is 2. The molecule has 0 unspecified atom stereocenters. The molecule has 1 aromatic rings. The molecule has 1 aliphatic heterocycles. The third-order valence-electron chi connectivity index (χ3n) is 3.56. The van der Waals surface area contributed by atoms with Gasteiger partial charge in [-0.1, -0.05) is 0 Å². The molecule has 1 saturated carbocycles. The first-order chi connectivity index (χ1) is 8.74. The van der Waals surface area contributed by atoms with Gasteiger partial charge in [-0.15, -0.1) is 0 Å². The second-order valence-corrected chi connectivity index (χ2v) is 4.89. The van der Waals surface area contributed by atoms with E-state index in [-0.39, 0.29) is 5.91 Å². The van der Waals surface area contributed by atoms with Crippen LogP contribution in [0.5, 0.6) is 0 Å². The smallest absolute Gasteiger partial charge is 0.274 e. The van der Waals surface area contributed by atoms with E-state index in [1.807, 2.05) is 4.90 Å². The van der Waals surface area contributed by atoms with E-state index in [0.717, 1.165) is 32.2 Å². The van der Waals surface area contributed by atoms with Crippen molar-refractivity contribution in [2.75, 3.05) is 31.9 Å². The second-order valence-electron chi connectivity index (χ2n) is 4.89. The van der Waals surface area contributed by atoms with Crippen LogP contribution in [0.2, 0.25) is 0 Å². The van der Waals surface area contributed by atoms with Gasteiger partial charge >= 0.3 is 0 Å². The van der Waals surface area contributed by atoms with E-state index in [9.17, 15) is 4.79 Å². The number of hydrogen-bond acceptors (Lipinski definition) is 5. The Morgan fingerprint density at radius 2 is 1.89 bits per heavy atom. The highest BCUT2D eigenvalue weighted by atomic mass is 16.2. The molecule has 18 heavy (non-hydrogen) atoms. The van der Waals surface area contributed by atoms with E-state index < -0.39 is 0 Å². The van der Waals surface area contributed by atoms with E-state index in [1.165, 1.54) is 25.2 Å². The maximum atomic E-state index is 12.2. The molecule has 96 valence electrons. The highest BCUT2D eigenvalue weighted by molar-refractivity contribution is 5.92. The van der Waals surface area contributed by atoms with Crippen LogP contribution in [0.25, 0.3) is 0 Å². The summed E-state index contributed by atoms with van der Waals surface area (Å²) < 4.78 is 0. The van der Waals surface area contributed by atoms with Crippen molar-refractivity contribution in [3.8, 4) is 0 Å². The van der Waals surface area contributed by atoms with Gasteiger partial charge in [0.25, 0.3) is 5.91 Å². The number of amides is 1. The Balaban J connectivity index is 1.61. The van der Waals surface area contributed by atoms with Gasteiger partial charge in [-0.05, 0) is 12.8 Å². The number of carbonyl (C=O) groups excluding carboxylic acids is 1. The van der Waals surface area contributed by atoms with Crippen molar-refractivity contribution in [2.45, 2.75) is 18.9 Å². The molecule has 1 aliphatic carbocycles. The molecule has 0 atom stereocenters. The summed E-state index contributed by atoms with van der Waals surface area (Å²) in [6.07, 6.45) is 5.51. The first-order valence-electron chi connectivity index (χ1n) is 6.35. The monoisotopic (exact) mass is 247 g/mol. The van der Waals surface area contributed by atoms with Crippen molar-refractivity contribution < 1.29 is 4.79 Å². The molecule has 0 aromatic carbocycles. The number of hydrogen-bond donors (Lipinski definition) is 1. The summed E-state index contributed by atoms with van der Waals surface area (Å²) in [7, 11) is 0.